The third-order valence-electron chi connectivity index (χ3n) is 10.8. The first-order valence-corrected chi connectivity index (χ1v) is 16.4. The quantitative estimate of drug-likeness (QED) is 0.108. The molecule has 0 aromatic carbocycles. The molecule has 2 aliphatic carbocycles. The zero-order valence-corrected chi connectivity index (χ0v) is 26.4. The maximum Gasteiger partial charge on any atom is 0.309 e. The predicted molar refractivity (Wildman–Crippen MR) is 157 cm³/mol. The summed E-state index contributed by atoms with van der Waals surface area (Å²) in [7, 11) is 0. The Hall–Kier alpha value is -2.24. The van der Waals surface area contributed by atoms with Gasteiger partial charge < -0.3 is 35.0 Å². The molecule has 2 saturated carbocycles. The summed E-state index contributed by atoms with van der Waals surface area (Å²) in [6.45, 7) is 4.06. The first kappa shape index (κ1) is 34.6. The minimum absolute atomic E-state index is 0.125. The van der Waals surface area contributed by atoms with Crippen molar-refractivity contribution >= 4 is 23.9 Å². The van der Waals surface area contributed by atoms with E-state index in [1.165, 1.54) is 0 Å². The minimum Gasteiger partial charge on any atom is -0.481 e. The first-order valence-electron chi connectivity index (χ1n) is 16.4. The molecular weight excluding hydrogens is 572 g/mol. The van der Waals surface area contributed by atoms with Crippen molar-refractivity contribution in [3.8, 4) is 0 Å². The molecule has 4 rings (SSSR count). The Morgan fingerprint density at radius 1 is 0.818 bits per heavy atom. The van der Waals surface area contributed by atoms with Crippen molar-refractivity contribution in [3.05, 3.63) is 0 Å². The van der Waals surface area contributed by atoms with E-state index in [0.29, 0.717) is 6.42 Å². The number of unbranched alkanes of at least 4 members (excludes halogenated alkanes) is 2. The Kier molecular flexibility index (Phi) is 10.4. The molecule has 2 saturated heterocycles. The van der Waals surface area contributed by atoms with Crippen molar-refractivity contribution < 1.29 is 54.2 Å². The first-order chi connectivity index (χ1) is 20.5. The lowest BCUT2D eigenvalue weighted by atomic mass is 9.70. The van der Waals surface area contributed by atoms with E-state index in [2.05, 4.69) is 0 Å². The van der Waals surface area contributed by atoms with E-state index in [-0.39, 0.29) is 36.5 Å². The van der Waals surface area contributed by atoms with Gasteiger partial charge in [0.05, 0.1) is 43.0 Å². The Balaban J connectivity index is 1.13. The molecule has 250 valence electrons. The lowest BCUT2D eigenvalue weighted by Gasteiger charge is -2.43. The third-order valence-corrected chi connectivity index (χ3v) is 10.8. The Morgan fingerprint density at radius 3 is 1.86 bits per heavy atom. The Bertz CT molecular complexity index is 1070. The fraction of sp³-hybridized carbons (Fsp3) is 0.879. The number of carbonyl (C=O) groups excluding carboxylic acids is 2. The fourth-order valence-corrected chi connectivity index (χ4v) is 8.01. The Morgan fingerprint density at radius 2 is 1.34 bits per heavy atom. The summed E-state index contributed by atoms with van der Waals surface area (Å²) in [5.74, 6) is -3.35. The maximum absolute atomic E-state index is 12.2. The normalized spacial score (nSPS) is 31.5. The number of esters is 2. The fourth-order valence-electron chi connectivity index (χ4n) is 8.01. The summed E-state index contributed by atoms with van der Waals surface area (Å²) in [6.07, 6.45) is 9.00. The summed E-state index contributed by atoms with van der Waals surface area (Å²) in [6, 6.07) is 0. The molecule has 0 aromatic rings. The molecule has 2 heterocycles. The number of hydrogen-bond acceptors (Lipinski definition) is 9. The monoisotopic (exact) mass is 624 g/mol. The van der Waals surface area contributed by atoms with Crippen LogP contribution in [0.5, 0.6) is 0 Å². The number of hydrogen-bond donors (Lipinski definition) is 5. The van der Waals surface area contributed by atoms with Gasteiger partial charge in [0.25, 0.3) is 0 Å². The number of cyclic esters (lactones) is 2. The van der Waals surface area contributed by atoms with Gasteiger partial charge in [0.1, 0.15) is 12.2 Å². The number of aliphatic carboxylic acids is 2. The van der Waals surface area contributed by atoms with Crippen LogP contribution in [0.25, 0.3) is 0 Å². The van der Waals surface area contributed by atoms with Crippen molar-refractivity contribution in [2.75, 3.05) is 0 Å². The van der Waals surface area contributed by atoms with Crippen LogP contribution in [0, 0.1) is 16.2 Å². The summed E-state index contributed by atoms with van der Waals surface area (Å²) >= 11 is 0. The van der Waals surface area contributed by atoms with Crippen LogP contribution in [-0.2, 0) is 28.7 Å². The molecule has 2 aliphatic heterocycles. The van der Waals surface area contributed by atoms with Gasteiger partial charge in [-0.15, -0.1) is 0 Å². The number of carboxylic acids is 2. The summed E-state index contributed by atoms with van der Waals surface area (Å²) in [5.41, 5.74) is -3.57. The molecule has 0 amide bonds. The van der Waals surface area contributed by atoms with Crippen molar-refractivity contribution in [3.63, 3.8) is 0 Å². The molecule has 5 atom stereocenters. The summed E-state index contributed by atoms with van der Waals surface area (Å²) in [5, 5.41) is 50.4. The average molecular weight is 625 g/mol. The van der Waals surface area contributed by atoms with Crippen LogP contribution in [-0.4, -0.2) is 78.9 Å². The molecule has 11 heteroatoms. The zero-order valence-electron chi connectivity index (χ0n) is 26.4. The van der Waals surface area contributed by atoms with Gasteiger partial charge in [-0.3, -0.25) is 19.2 Å². The van der Waals surface area contributed by atoms with Crippen LogP contribution in [0.3, 0.4) is 0 Å². The van der Waals surface area contributed by atoms with E-state index < -0.39 is 71.6 Å². The lowest BCUT2D eigenvalue weighted by Crippen LogP contribution is -2.50. The Labute approximate surface area is 259 Å². The molecule has 44 heavy (non-hydrogen) atoms. The van der Waals surface area contributed by atoms with Gasteiger partial charge in [-0.1, -0.05) is 39.5 Å². The third kappa shape index (κ3) is 9.39. The highest BCUT2D eigenvalue weighted by atomic mass is 16.6. The molecular formula is C33H52O11. The maximum atomic E-state index is 12.2. The summed E-state index contributed by atoms with van der Waals surface area (Å²) in [4.78, 5) is 46.7. The second kappa shape index (κ2) is 13.2. The van der Waals surface area contributed by atoms with E-state index in [1.54, 1.807) is 0 Å². The van der Waals surface area contributed by atoms with Crippen LogP contribution in [0.4, 0.5) is 0 Å². The van der Waals surface area contributed by atoms with E-state index in [0.717, 1.165) is 77.0 Å². The SMILES string of the molecule is CC(C)(CC1(CCCCC(O)CCCCC2(C3CC(O)(CC(=O)O)CC(=O)O3)CC2)CC1)C1CC(O)(CC(=O)O)CC(=O)O1. The molecule has 4 aliphatic rings. The van der Waals surface area contributed by atoms with E-state index in [1.807, 2.05) is 13.8 Å². The molecule has 5 unspecified atom stereocenters. The molecule has 0 bridgehead atoms. The van der Waals surface area contributed by atoms with Gasteiger partial charge >= 0.3 is 23.9 Å². The van der Waals surface area contributed by atoms with Crippen molar-refractivity contribution in [1.82, 2.24) is 0 Å². The lowest BCUT2D eigenvalue weighted by molar-refractivity contribution is -0.185. The zero-order chi connectivity index (χ0) is 32.4. The number of ether oxygens (including phenoxy) is 2. The van der Waals surface area contributed by atoms with E-state index >= 15 is 0 Å². The van der Waals surface area contributed by atoms with Crippen molar-refractivity contribution in [1.29, 1.82) is 0 Å². The largest absolute Gasteiger partial charge is 0.481 e. The van der Waals surface area contributed by atoms with Gasteiger partial charge in [0, 0.05) is 23.7 Å². The van der Waals surface area contributed by atoms with Gasteiger partial charge in [-0.2, -0.15) is 0 Å². The highest BCUT2D eigenvalue weighted by molar-refractivity contribution is 5.76. The van der Waals surface area contributed by atoms with E-state index in [9.17, 15) is 39.6 Å². The molecule has 0 aromatic heterocycles. The number of aliphatic hydroxyl groups is 3. The van der Waals surface area contributed by atoms with E-state index in [4.69, 9.17) is 14.6 Å². The number of aliphatic hydroxyl groups excluding tert-OH is 1. The number of carboxylic acid groups (broad SMARTS) is 2. The predicted octanol–water partition coefficient (Wildman–Crippen LogP) is 4.27. The van der Waals surface area contributed by atoms with Crippen molar-refractivity contribution in [2.24, 2.45) is 16.2 Å². The second-order valence-electron chi connectivity index (χ2n) is 15.5. The van der Waals surface area contributed by atoms with Crippen LogP contribution in [0.1, 0.15) is 136 Å². The van der Waals surface area contributed by atoms with Gasteiger partial charge in [0.15, 0.2) is 0 Å². The molecule has 0 radical (unpaired) electrons. The standard InChI is InChI=1S/C33H52O11/c1-29(2,23-15-32(41,17-25(35)36)19-27(39)43-23)21-30(11-12-30)9-5-3-7-22(34)8-4-6-10-31(13-14-31)24-16-33(42,18-26(37)38)20-28(40)44-24/h22-24,34,41-42H,3-21H2,1-2H3,(H,35,36)(H,37,38). The van der Waals surface area contributed by atoms with Crippen LogP contribution in [0.2, 0.25) is 0 Å². The molecule has 5 N–H and O–H groups in total. The topological polar surface area (TPSA) is 188 Å². The molecule has 4 fully saturated rings. The van der Waals surface area contributed by atoms with Gasteiger partial charge in [0.2, 0.25) is 0 Å². The van der Waals surface area contributed by atoms with Crippen LogP contribution < -0.4 is 0 Å². The highest BCUT2D eigenvalue weighted by Crippen LogP contribution is 2.59. The van der Waals surface area contributed by atoms with Crippen molar-refractivity contribution in [2.45, 2.75) is 165 Å². The molecule has 11 nitrogen and oxygen atoms in total. The second-order valence-corrected chi connectivity index (χ2v) is 15.5. The van der Waals surface area contributed by atoms with Crippen LogP contribution in [0.15, 0.2) is 0 Å². The average Bonchev–Trinajstić information content (AvgIpc) is 3.79. The summed E-state index contributed by atoms with van der Waals surface area (Å²) < 4.78 is 11.2. The highest BCUT2D eigenvalue weighted by Gasteiger charge is 2.56. The van der Waals surface area contributed by atoms with Crippen LogP contribution >= 0.6 is 0 Å². The van der Waals surface area contributed by atoms with Gasteiger partial charge in [-0.05, 0) is 63.2 Å². The number of rotatable bonds is 18. The minimum atomic E-state index is -1.58. The molecule has 0 spiro atoms. The smallest absolute Gasteiger partial charge is 0.309 e. The number of carbonyl (C=O) groups is 4. The van der Waals surface area contributed by atoms with Gasteiger partial charge in [-0.25, -0.2) is 0 Å².